The number of hydrogen-bond acceptors (Lipinski definition) is 2. The molecule has 76 valence electrons. The van der Waals surface area contributed by atoms with Crippen molar-refractivity contribution in [3.63, 3.8) is 0 Å². The molecule has 0 aromatic heterocycles. The molecular weight excluding hydrogens is 260 g/mol. The van der Waals surface area contributed by atoms with Crippen LogP contribution in [0.2, 0.25) is 0 Å². The zero-order valence-corrected chi connectivity index (χ0v) is 10.7. The zero-order valence-electron chi connectivity index (χ0n) is 8.25. The first kappa shape index (κ1) is 11.8. The summed E-state index contributed by atoms with van der Waals surface area (Å²) in [4.78, 5) is 12.5. The van der Waals surface area contributed by atoms with Gasteiger partial charge in [0.2, 0.25) is 0 Å². The van der Waals surface area contributed by atoms with Crippen LogP contribution >= 0.6 is 28.6 Å². The first-order chi connectivity index (χ1) is 6.56. The number of aryl methyl sites for hydroxylation is 1. The van der Waals surface area contributed by atoms with Gasteiger partial charge in [-0.15, -0.1) is 12.6 Å². The fraction of sp³-hybridized carbons (Fsp3) is 0.364. The predicted octanol–water partition coefficient (Wildman–Crippen LogP) is 3.50. The maximum atomic E-state index is 11.8. The minimum atomic E-state index is -0.136. The van der Waals surface area contributed by atoms with Crippen LogP contribution in [-0.4, -0.2) is 10.6 Å². The van der Waals surface area contributed by atoms with Crippen molar-refractivity contribution in [2.24, 2.45) is 0 Å². The number of thiol groups is 1. The molecule has 0 radical (unpaired) electrons. The Morgan fingerprint density at radius 2 is 2.21 bits per heavy atom. The Hall–Kier alpha value is -0.280. The van der Waals surface area contributed by atoms with Crippen LogP contribution < -0.4 is 0 Å². The maximum Gasteiger partial charge on any atom is 0.176 e. The Kier molecular flexibility index (Phi) is 4.20. The third-order valence-corrected chi connectivity index (χ3v) is 2.80. The summed E-state index contributed by atoms with van der Waals surface area (Å²) in [6, 6.07) is 5.71. The summed E-state index contributed by atoms with van der Waals surface area (Å²) in [6.45, 7) is 3.89. The van der Waals surface area contributed by atoms with E-state index in [0.29, 0.717) is 0 Å². The van der Waals surface area contributed by atoms with Crippen LogP contribution in [0.3, 0.4) is 0 Å². The molecule has 0 saturated carbocycles. The summed E-state index contributed by atoms with van der Waals surface area (Å²) >= 11 is 7.53. The maximum absolute atomic E-state index is 11.8. The van der Waals surface area contributed by atoms with E-state index in [0.717, 1.165) is 22.4 Å². The van der Waals surface area contributed by atoms with E-state index in [1.54, 1.807) is 0 Å². The average molecular weight is 273 g/mol. The molecule has 0 fully saturated rings. The van der Waals surface area contributed by atoms with E-state index in [-0.39, 0.29) is 10.6 Å². The van der Waals surface area contributed by atoms with Gasteiger partial charge in [0.25, 0.3) is 0 Å². The molecule has 0 aliphatic heterocycles. The molecule has 0 saturated heterocycles. The van der Waals surface area contributed by atoms with Crippen LogP contribution in [0.25, 0.3) is 0 Å². The normalized spacial score (nSPS) is 12.6. The highest BCUT2D eigenvalue weighted by molar-refractivity contribution is 9.10. The monoisotopic (exact) mass is 272 g/mol. The molecule has 1 unspecified atom stereocenters. The summed E-state index contributed by atoms with van der Waals surface area (Å²) in [5, 5.41) is 0. The van der Waals surface area contributed by atoms with Gasteiger partial charge < -0.3 is 0 Å². The second kappa shape index (κ2) is 4.99. The molecule has 1 nitrogen and oxygen atoms in total. The van der Waals surface area contributed by atoms with Gasteiger partial charge >= 0.3 is 0 Å². The molecule has 1 aromatic carbocycles. The molecule has 0 aliphatic rings. The minimum absolute atomic E-state index is 0.123. The second-order valence-corrected chi connectivity index (χ2v) is 5.07. The van der Waals surface area contributed by atoms with Crippen molar-refractivity contribution in [3.8, 4) is 0 Å². The van der Waals surface area contributed by atoms with Gasteiger partial charge in [-0.2, -0.15) is 0 Å². The molecule has 0 heterocycles. The van der Waals surface area contributed by atoms with E-state index in [9.17, 15) is 4.79 Å². The van der Waals surface area contributed by atoms with Crippen LogP contribution in [0, 0.1) is 0 Å². The SMILES string of the molecule is CCc1ccc(S)cc1C(=O)C(C)Br. The van der Waals surface area contributed by atoms with Crippen LogP contribution in [0.1, 0.15) is 29.8 Å². The molecule has 3 heteroatoms. The van der Waals surface area contributed by atoms with Crippen molar-refractivity contribution < 1.29 is 4.79 Å². The molecule has 0 amide bonds. The lowest BCUT2D eigenvalue weighted by Gasteiger charge is -2.08. The average Bonchev–Trinajstić information content (AvgIpc) is 2.16. The van der Waals surface area contributed by atoms with Crippen molar-refractivity contribution in [1.29, 1.82) is 0 Å². The van der Waals surface area contributed by atoms with Gasteiger partial charge in [0.15, 0.2) is 5.78 Å². The van der Waals surface area contributed by atoms with Gasteiger partial charge in [0.1, 0.15) is 0 Å². The summed E-state index contributed by atoms with van der Waals surface area (Å²) in [5.41, 5.74) is 1.86. The molecule has 1 aromatic rings. The van der Waals surface area contributed by atoms with Crippen LogP contribution in [0.5, 0.6) is 0 Å². The lowest BCUT2D eigenvalue weighted by atomic mass is 10.0. The van der Waals surface area contributed by atoms with Crippen molar-refractivity contribution in [2.75, 3.05) is 0 Å². The van der Waals surface area contributed by atoms with Gasteiger partial charge in [0.05, 0.1) is 4.83 Å². The highest BCUT2D eigenvalue weighted by Gasteiger charge is 2.15. The third-order valence-electron chi connectivity index (χ3n) is 2.10. The lowest BCUT2D eigenvalue weighted by molar-refractivity contribution is 0.0995. The highest BCUT2D eigenvalue weighted by Crippen LogP contribution is 2.19. The van der Waals surface area contributed by atoms with E-state index in [4.69, 9.17) is 0 Å². The molecule has 1 atom stereocenters. The Balaban J connectivity index is 3.17. The van der Waals surface area contributed by atoms with Crippen molar-refractivity contribution in [2.45, 2.75) is 30.0 Å². The number of rotatable bonds is 3. The van der Waals surface area contributed by atoms with E-state index in [2.05, 4.69) is 28.6 Å². The predicted molar refractivity (Wildman–Crippen MR) is 65.8 cm³/mol. The highest BCUT2D eigenvalue weighted by atomic mass is 79.9. The molecule has 0 spiro atoms. The van der Waals surface area contributed by atoms with E-state index < -0.39 is 0 Å². The lowest BCUT2D eigenvalue weighted by Crippen LogP contribution is -2.12. The van der Waals surface area contributed by atoms with Gasteiger partial charge in [-0.05, 0) is 31.0 Å². The molecule has 0 N–H and O–H groups in total. The Morgan fingerprint density at radius 3 is 2.71 bits per heavy atom. The minimum Gasteiger partial charge on any atom is -0.293 e. The molecule has 0 bridgehead atoms. The summed E-state index contributed by atoms with van der Waals surface area (Å²) < 4.78 is 0. The van der Waals surface area contributed by atoms with E-state index >= 15 is 0 Å². The number of benzene rings is 1. The molecule has 14 heavy (non-hydrogen) atoms. The number of carbonyl (C=O) groups excluding carboxylic acids is 1. The van der Waals surface area contributed by atoms with Gasteiger partial charge in [-0.1, -0.05) is 28.9 Å². The second-order valence-electron chi connectivity index (χ2n) is 3.18. The molecular formula is C11H13BrOS. The Labute approximate surface area is 98.4 Å². The molecule has 1 rings (SSSR count). The fourth-order valence-corrected chi connectivity index (χ4v) is 1.77. The quantitative estimate of drug-likeness (QED) is 0.506. The Morgan fingerprint density at radius 1 is 1.57 bits per heavy atom. The fourth-order valence-electron chi connectivity index (χ4n) is 1.32. The van der Waals surface area contributed by atoms with Gasteiger partial charge in [-0.25, -0.2) is 0 Å². The number of carbonyl (C=O) groups is 1. The topological polar surface area (TPSA) is 17.1 Å². The van der Waals surface area contributed by atoms with Crippen LogP contribution in [0.15, 0.2) is 23.1 Å². The number of Topliss-reactive ketones (excluding diaryl/α,β-unsaturated/α-hetero) is 1. The first-order valence-electron chi connectivity index (χ1n) is 4.56. The van der Waals surface area contributed by atoms with Crippen molar-refractivity contribution in [1.82, 2.24) is 0 Å². The van der Waals surface area contributed by atoms with E-state index in [1.165, 1.54) is 0 Å². The van der Waals surface area contributed by atoms with Crippen molar-refractivity contribution >= 4 is 34.3 Å². The number of hydrogen-bond donors (Lipinski definition) is 1. The third kappa shape index (κ3) is 2.61. The number of halogens is 1. The number of alkyl halides is 1. The van der Waals surface area contributed by atoms with E-state index in [1.807, 2.05) is 32.0 Å². The summed E-state index contributed by atoms with van der Waals surface area (Å²) in [7, 11) is 0. The Bertz CT molecular complexity index is 347. The van der Waals surface area contributed by atoms with Crippen LogP contribution in [0.4, 0.5) is 0 Å². The largest absolute Gasteiger partial charge is 0.293 e. The smallest absolute Gasteiger partial charge is 0.176 e. The zero-order chi connectivity index (χ0) is 10.7. The van der Waals surface area contributed by atoms with Crippen molar-refractivity contribution in [3.05, 3.63) is 29.3 Å². The summed E-state index contributed by atoms with van der Waals surface area (Å²) in [6.07, 6.45) is 0.870. The van der Waals surface area contributed by atoms with Crippen LogP contribution in [-0.2, 0) is 6.42 Å². The van der Waals surface area contributed by atoms with Gasteiger partial charge in [0, 0.05) is 10.5 Å². The number of ketones is 1. The molecule has 0 aliphatic carbocycles. The summed E-state index contributed by atoms with van der Waals surface area (Å²) in [5.74, 6) is 0.123. The standard InChI is InChI=1S/C11H13BrOS/c1-3-8-4-5-9(14)6-10(8)11(13)7(2)12/h4-7,14H,3H2,1-2H3. The van der Waals surface area contributed by atoms with Gasteiger partial charge in [-0.3, -0.25) is 4.79 Å². The first-order valence-corrected chi connectivity index (χ1v) is 5.92.